The molecule has 2 aromatic heterocycles. The first-order chi connectivity index (χ1) is 12.0. The summed E-state index contributed by atoms with van der Waals surface area (Å²) in [6, 6.07) is 3.25. The number of nitrogens with zero attached hydrogens (tertiary/aromatic N) is 3. The lowest BCUT2D eigenvalue weighted by Gasteiger charge is -2.32. The smallest absolute Gasteiger partial charge is 0.257 e. The highest BCUT2D eigenvalue weighted by molar-refractivity contribution is 5.95. The van der Waals surface area contributed by atoms with E-state index in [1.165, 1.54) is 6.07 Å². The summed E-state index contributed by atoms with van der Waals surface area (Å²) in [5.41, 5.74) is 1.31. The normalized spacial score (nSPS) is 17.4. The molecule has 7 nitrogen and oxygen atoms in total. The Bertz CT molecular complexity index is 803. The zero-order valence-corrected chi connectivity index (χ0v) is 14.6. The largest absolute Gasteiger partial charge is 0.362 e. The van der Waals surface area contributed by atoms with E-state index in [0.717, 1.165) is 37.6 Å². The quantitative estimate of drug-likeness (QED) is 0.878. The molecule has 1 fully saturated rings. The molecule has 0 radical (unpaired) electrons. The Morgan fingerprint density at radius 2 is 2.12 bits per heavy atom. The summed E-state index contributed by atoms with van der Waals surface area (Å²) in [5, 5.41) is 2.92. The van der Waals surface area contributed by atoms with Crippen LogP contribution in [0.25, 0.3) is 0 Å². The highest BCUT2D eigenvalue weighted by Crippen LogP contribution is 2.19. The maximum absolute atomic E-state index is 12.4. The predicted molar refractivity (Wildman–Crippen MR) is 95.8 cm³/mol. The number of piperidine rings is 1. The molecular weight excluding hydrogens is 318 g/mol. The van der Waals surface area contributed by atoms with Crippen LogP contribution in [0.4, 0.5) is 5.95 Å². The zero-order valence-electron chi connectivity index (χ0n) is 14.6. The van der Waals surface area contributed by atoms with Crippen LogP contribution in [-0.2, 0) is 0 Å². The third-order valence-electron chi connectivity index (χ3n) is 4.49. The van der Waals surface area contributed by atoms with Gasteiger partial charge in [-0.15, -0.1) is 0 Å². The molecule has 2 aromatic rings. The summed E-state index contributed by atoms with van der Waals surface area (Å²) in [5.74, 6) is 0.725. The standard InChI is InChI=1S/C18H23N5O2/c1-12-9-15(24)16(13(2)22-12)17(25)21-10-14-5-3-8-23(11-14)18-19-6-4-7-20-18/h4,6-7,9,14H,3,5,8,10-11H2,1-2H3,(H,21,25)(H,22,24)/t14-/m0/s1. The predicted octanol–water partition coefficient (Wildman–Crippen LogP) is 1.43. The number of pyridine rings is 1. The summed E-state index contributed by atoms with van der Waals surface area (Å²) in [7, 11) is 0. The number of aromatic nitrogens is 3. The monoisotopic (exact) mass is 341 g/mol. The summed E-state index contributed by atoms with van der Waals surface area (Å²) in [4.78, 5) is 38.3. The van der Waals surface area contributed by atoms with Gasteiger partial charge in [-0.2, -0.15) is 0 Å². The van der Waals surface area contributed by atoms with E-state index in [1.807, 2.05) is 0 Å². The van der Waals surface area contributed by atoms with Crippen LogP contribution in [0.3, 0.4) is 0 Å². The molecule has 1 aliphatic heterocycles. The molecule has 1 saturated heterocycles. The molecule has 2 N–H and O–H groups in total. The lowest BCUT2D eigenvalue weighted by Crippen LogP contribution is -2.42. The van der Waals surface area contributed by atoms with Gasteiger partial charge in [-0.3, -0.25) is 9.59 Å². The van der Waals surface area contributed by atoms with E-state index in [9.17, 15) is 9.59 Å². The fraction of sp³-hybridized carbons (Fsp3) is 0.444. The van der Waals surface area contributed by atoms with Crippen molar-refractivity contribution in [3.05, 3.63) is 51.7 Å². The molecule has 0 spiro atoms. The van der Waals surface area contributed by atoms with Crippen LogP contribution >= 0.6 is 0 Å². The van der Waals surface area contributed by atoms with Gasteiger partial charge in [0.25, 0.3) is 5.91 Å². The molecule has 132 valence electrons. The number of H-pyrrole nitrogens is 1. The number of carbonyl (C=O) groups excluding carboxylic acids is 1. The topological polar surface area (TPSA) is 91.0 Å². The summed E-state index contributed by atoms with van der Waals surface area (Å²) < 4.78 is 0. The van der Waals surface area contributed by atoms with Crippen molar-refractivity contribution in [2.45, 2.75) is 26.7 Å². The first kappa shape index (κ1) is 17.1. The minimum absolute atomic E-state index is 0.199. The van der Waals surface area contributed by atoms with Gasteiger partial charge < -0.3 is 15.2 Å². The third kappa shape index (κ3) is 4.04. The number of nitrogens with one attached hydrogen (secondary N) is 2. The van der Waals surface area contributed by atoms with Crippen molar-refractivity contribution in [3.8, 4) is 0 Å². The second-order valence-electron chi connectivity index (χ2n) is 6.53. The van der Waals surface area contributed by atoms with Gasteiger partial charge in [-0.05, 0) is 38.7 Å². The highest BCUT2D eigenvalue weighted by atomic mass is 16.2. The molecule has 1 aliphatic rings. The average molecular weight is 341 g/mol. The highest BCUT2D eigenvalue weighted by Gasteiger charge is 2.23. The van der Waals surface area contributed by atoms with Gasteiger partial charge in [-0.1, -0.05) is 0 Å². The van der Waals surface area contributed by atoms with Crippen molar-refractivity contribution in [1.82, 2.24) is 20.3 Å². The molecule has 3 rings (SSSR count). The molecule has 3 heterocycles. The summed E-state index contributed by atoms with van der Waals surface area (Å²) >= 11 is 0. The zero-order chi connectivity index (χ0) is 17.8. The lowest BCUT2D eigenvalue weighted by atomic mass is 9.98. The number of aryl methyl sites for hydroxylation is 2. The molecule has 0 unspecified atom stereocenters. The second-order valence-corrected chi connectivity index (χ2v) is 6.53. The Kier molecular flexibility index (Phi) is 5.11. The number of hydrogen-bond donors (Lipinski definition) is 2. The first-order valence-corrected chi connectivity index (χ1v) is 8.55. The van der Waals surface area contributed by atoms with Gasteiger partial charge in [0, 0.05) is 49.5 Å². The Balaban J connectivity index is 1.62. The maximum Gasteiger partial charge on any atom is 0.257 e. The minimum atomic E-state index is -0.313. The molecule has 0 aliphatic carbocycles. The Morgan fingerprint density at radius 3 is 2.84 bits per heavy atom. The van der Waals surface area contributed by atoms with Gasteiger partial charge >= 0.3 is 0 Å². The van der Waals surface area contributed by atoms with Crippen molar-refractivity contribution in [1.29, 1.82) is 0 Å². The van der Waals surface area contributed by atoms with Crippen molar-refractivity contribution >= 4 is 11.9 Å². The molecular formula is C18H23N5O2. The molecule has 0 aromatic carbocycles. The van der Waals surface area contributed by atoms with E-state index in [2.05, 4.69) is 25.2 Å². The van der Waals surface area contributed by atoms with Crippen LogP contribution in [0.15, 0.2) is 29.3 Å². The maximum atomic E-state index is 12.4. The third-order valence-corrected chi connectivity index (χ3v) is 4.49. The van der Waals surface area contributed by atoms with Crippen LogP contribution in [0, 0.1) is 19.8 Å². The molecule has 25 heavy (non-hydrogen) atoms. The van der Waals surface area contributed by atoms with Crippen LogP contribution in [0.5, 0.6) is 0 Å². The fourth-order valence-electron chi connectivity index (χ4n) is 3.32. The van der Waals surface area contributed by atoms with Crippen LogP contribution in [0.2, 0.25) is 0 Å². The molecule has 1 amide bonds. The van der Waals surface area contributed by atoms with Crippen molar-refractivity contribution in [2.75, 3.05) is 24.5 Å². The molecule has 1 atom stereocenters. The van der Waals surface area contributed by atoms with Gasteiger partial charge in [0.1, 0.15) is 5.56 Å². The second kappa shape index (κ2) is 7.46. The van der Waals surface area contributed by atoms with Crippen molar-refractivity contribution < 1.29 is 4.79 Å². The summed E-state index contributed by atoms with van der Waals surface area (Å²) in [6.45, 7) is 5.81. The van der Waals surface area contributed by atoms with E-state index >= 15 is 0 Å². The van der Waals surface area contributed by atoms with Gasteiger partial charge in [0.15, 0.2) is 5.43 Å². The molecule has 0 saturated carbocycles. The van der Waals surface area contributed by atoms with E-state index in [-0.39, 0.29) is 16.9 Å². The van der Waals surface area contributed by atoms with Gasteiger partial charge in [-0.25, -0.2) is 9.97 Å². The number of hydrogen-bond acceptors (Lipinski definition) is 5. The van der Waals surface area contributed by atoms with E-state index in [1.54, 1.807) is 32.3 Å². The SMILES string of the molecule is Cc1cc(=O)c(C(=O)NC[C@@H]2CCCN(c3ncccn3)C2)c(C)[nH]1. The average Bonchev–Trinajstić information content (AvgIpc) is 2.60. The number of carbonyl (C=O) groups is 1. The van der Waals surface area contributed by atoms with Crippen LogP contribution in [0.1, 0.15) is 34.6 Å². The van der Waals surface area contributed by atoms with E-state index in [0.29, 0.717) is 18.2 Å². The summed E-state index contributed by atoms with van der Waals surface area (Å²) in [6.07, 6.45) is 5.54. The molecule has 7 heteroatoms. The Labute approximate surface area is 146 Å². The van der Waals surface area contributed by atoms with E-state index < -0.39 is 0 Å². The number of rotatable bonds is 4. The van der Waals surface area contributed by atoms with Gasteiger partial charge in [0.05, 0.1) is 0 Å². The Hall–Kier alpha value is -2.70. The van der Waals surface area contributed by atoms with E-state index in [4.69, 9.17) is 0 Å². The molecule has 0 bridgehead atoms. The van der Waals surface area contributed by atoms with Crippen LogP contribution < -0.4 is 15.6 Å². The lowest BCUT2D eigenvalue weighted by molar-refractivity contribution is 0.0943. The van der Waals surface area contributed by atoms with Crippen molar-refractivity contribution in [2.24, 2.45) is 5.92 Å². The number of anilines is 1. The number of aromatic amines is 1. The first-order valence-electron chi connectivity index (χ1n) is 8.55. The van der Waals surface area contributed by atoms with Crippen LogP contribution in [-0.4, -0.2) is 40.5 Å². The number of amides is 1. The Morgan fingerprint density at radius 1 is 1.36 bits per heavy atom. The van der Waals surface area contributed by atoms with Crippen molar-refractivity contribution in [3.63, 3.8) is 0 Å². The van der Waals surface area contributed by atoms with Gasteiger partial charge in [0.2, 0.25) is 5.95 Å². The fourth-order valence-corrected chi connectivity index (χ4v) is 3.32. The minimum Gasteiger partial charge on any atom is -0.362 e.